The zero-order chi connectivity index (χ0) is 12.1. The van der Waals surface area contributed by atoms with E-state index in [1.807, 2.05) is 0 Å². The Morgan fingerprint density at radius 3 is 2.25 bits per heavy atom. The molecule has 0 unspecified atom stereocenters. The summed E-state index contributed by atoms with van der Waals surface area (Å²) in [7, 11) is 0. The van der Waals surface area contributed by atoms with Gasteiger partial charge in [-0.05, 0) is 38.5 Å². The van der Waals surface area contributed by atoms with Gasteiger partial charge in [0, 0.05) is 12.1 Å². The highest BCUT2D eigenvalue weighted by molar-refractivity contribution is 4.92. The monoisotopic (exact) mass is 225 g/mol. The molecule has 0 aromatic rings. The molecule has 0 aromatic heterocycles. The molecule has 0 aromatic carbocycles. The van der Waals surface area contributed by atoms with Crippen LogP contribution in [0.4, 0.5) is 0 Å². The molecule has 1 nitrogen and oxygen atoms in total. The van der Waals surface area contributed by atoms with Crippen LogP contribution < -0.4 is 5.32 Å². The highest BCUT2D eigenvalue weighted by atomic mass is 15.0. The van der Waals surface area contributed by atoms with Gasteiger partial charge >= 0.3 is 0 Å². The van der Waals surface area contributed by atoms with E-state index in [0.29, 0.717) is 11.0 Å². The van der Waals surface area contributed by atoms with E-state index in [1.165, 1.54) is 57.9 Å². The molecule has 16 heavy (non-hydrogen) atoms. The molecule has 1 aliphatic carbocycles. The predicted molar refractivity (Wildman–Crippen MR) is 72.8 cm³/mol. The standard InChI is InChI=1S/C15H31N/c1-5-6-7-8-9-10-14(2,3)16-13-15(4)11-12-15/h16H,5-13H2,1-4H3. The highest BCUT2D eigenvalue weighted by Gasteiger charge is 2.37. The molecule has 1 heteroatoms. The second kappa shape index (κ2) is 6.05. The third-order valence-electron chi connectivity index (χ3n) is 4.00. The Morgan fingerprint density at radius 2 is 1.69 bits per heavy atom. The van der Waals surface area contributed by atoms with E-state index >= 15 is 0 Å². The van der Waals surface area contributed by atoms with Crippen molar-refractivity contribution in [2.75, 3.05) is 6.54 Å². The summed E-state index contributed by atoms with van der Waals surface area (Å²) < 4.78 is 0. The van der Waals surface area contributed by atoms with Crippen LogP contribution in [0, 0.1) is 5.41 Å². The second-order valence-electron chi connectivity index (χ2n) is 6.71. The number of nitrogens with one attached hydrogen (secondary N) is 1. The Kier molecular flexibility index (Phi) is 5.30. The minimum Gasteiger partial charge on any atom is -0.311 e. The maximum atomic E-state index is 3.75. The average molecular weight is 225 g/mol. The van der Waals surface area contributed by atoms with Crippen LogP contribution in [0.5, 0.6) is 0 Å². The van der Waals surface area contributed by atoms with Gasteiger partial charge in [0.1, 0.15) is 0 Å². The van der Waals surface area contributed by atoms with Crippen molar-refractivity contribution >= 4 is 0 Å². The van der Waals surface area contributed by atoms with Gasteiger partial charge < -0.3 is 5.32 Å². The van der Waals surface area contributed by atoms with Crippen LogP contribution in [0.1, 0.15) is 79.1 Å². The molecule has 0 saturated heterocycles. The van der Waals surface area contributed by atoms with Crippen molar-refractivity contribution in [3.63, 3.8) is 0 Å². The molecule has 1 rings (SSSR count). The smallest absolute Gasteiger partial charge is 0.0125 e. The van der Waals surface area contributed by atoms with Gasteiger partial charge in [0.2, 0.25) is 0 Å². The van der Waals surface area contributed by atoms with Crippen LogP contribution in [0.3, 0.4) is 0 Å². The first kappa shape index (κ1) is 14.0. The number of unbranched alkanes of at least 4 members (excludes halogenated alkanes) is 4. The first-order valence-electron chi connectivity index (χ1n) is 7.22. The van der Waals surface area contributed by atoms with E-state index in [0.717, 1.165) is 0 Å². The molecular weight excluding hydrogens is 194 g/mol. The average Bonchev–Trinajstić information content (AvgIpc) is 2.95. The van der Waals surface area contributed by atoms with Gasteiger partial charge in [-0.2, -0.15) is 0 Å². The molecule has 1 N–H and O–H groups in total. The van der Waals surface area contributed by atoms with Crippen molar-refractivity contribution in [1.29, 1.82) is 0 Å². The molecule has 1 fully saturated rings. The van der Waals surface area contributed by atoms with Gasteiger partial charge in [0.25, 0.3) is 0 Å². The van der Waals surface area contributed by atoms with E-state index in [-0.39, 0.29) is 0 Å². The molecule has 0 radical (unpaired) electrons. The molecule has 0 atom stereocenters. The van der Waals surface area contributed by atoms with Gasteiger partial charge in [-0.25, -0.2) is 0 Å². The lowest BCUT2D eigenvalue weighted by Crippen LogP contribution is -2.42. The summed E-state index contributed by atoms with van der Waals surface area (Å²) in [5.41, 5.74) is 0.983. The van der Waals surface area contributed by atoms with Gasteiger partial charge in [-0.3, -0.25) is 0 Å². The number of rotatable bonds is 9. The molecule has 0 bridgehead atoms. The summed E-state index contributed by atoms with van der Waals surface area (Å²) in [6.45, 7) is 10.6. The summed E-state index contributed by atoms with van der Waals surface area (Å²) in [4.78, 5) is 0. The van der Waals surface area contributed by atoms with Crippen LogP contribution in [0.15, 0.2) is 0 Å². The van der Waals surface area contributed by atoms with Crippen molar-refractivity contribution in [3.8, 4) is 0 Å². The third-order valence-corrected chi connectivity index (χ3v) is 4.00. The number of hydrogen-bond acceptors (Lipinski definition) is 1. The Balaban J connectivity index is 2.03. The van der Waals surface area contributed by atoms with Crippen molar-refractivity contribution in [1.82, 2.24) is 5.32 Å². The Morgan fingerprint density at radius 1 is 1.06 bits per heavy atom. The lowest BCUT2D eigenvalue weighted by atomic mass is 9.95. The first-order valence-corrected chi connectivity index (χ1v) is 7.22. The fourth-order valence-corrected chi connectivity index (χ4v) is 2.10. The normalized spacial score (nSPS) is 18.8. The number of hydrogen-bond donors (Lipinski definition) is 1. The molecule has 0 heterocycles. The SMILES string of the molecule is CCCCCCCC(C)(C)NCC1(C)CC1. The van der Waals surface area contributed by atoms with E-state index in [2.05, 4.69) is 33.0 Å². The highest BCUT2D eigenvalue weighted by Crippen LogP contribution is 2.44. The van der Waals surface area contributed by atoms with Crippen LogP contribution in [0.2, 0.25) is 0 Å². The Hall–Kier alpha value is -0.0400. The molecule has 96 valence electrons. The van der Waals surface area contributed by atoms with E-state index in [9.17, 15) is 0 Å². The molecule has 0 aliphatic heterocycles. The molecule has 1 saturated carbocycles. The topological polar surface area (TPSA) is 12.0 Å². The van der Waals surface area contributed by atoms with E-state index in [4.69, 9.17) is 0 Å². The van der Waals surface area contributed by atoms with Gasteiger partial charge in [0.05, 0.1) is 0 Å². The molecule has 0 spiro atoms. The molecule has 0 amide bonds. The van der Waals surface area contributed by atoms with Gasteiger partial charge in [-0.1, -0.05) is 46.0 Å². The Labute approximate surface area is 102 Å². The summed E-state index contributed by atoms with van der Waals surface area (Å²) in [6.07, 6.45) is 11.1. The van der Waals surface area contributed by atoms with Crippen LogP contribution in [-0.2, 0) is 0 Å². The fraction of sp³-hybridized carbons (Fsp3) is 1.00. The van der Waals surface area contributed by atoms with E-state index in [1.54, 1.807) is 0 Å². The Bertz CT molecular complexity index is 192. The van der Waals surface area contributed by atoms with Crippen molar-refractivity contribution in [2.45, 2.75) is 84.6 Å². The lowest BCUT2D eigenvalue weighted by Gasteiger charge is -2.28. The van der Waals surface area contributed by atoms with Crippen LogP contribution in [0.25, 0.3) is 0 Å². The fourth-order valence-electron chi connectivity index (χ4n) is 2.10. The minimum absolute atomic E-state index is 0.345. The van der Waals surface area contributed by atoms with Gasteiger partial charge in [-0.15, -0.1) is 0 Å². The maximum absolute atomic E-state index is 3.75. The second-order valence-corrected chi connectivity index (χ2v) is 6.71. The quantitative estimate of drug-likeness (QED) is 0.569. The first-order chi connectivity index (χ1) is 7.47. The lowest BCUT2D eigenvalue weighted by molar-refractivity contribution is 0.317. The van der Waals surface area contributed by atoms with E-state index < -0.39 is 0 Å². The van der Waals surface area contributed by atoms with Gasteiger partial charge in [0.15, 0.2) is 0 Å². The maximum Gasteiger partial charge on any atom is 0.0125 e. The van der Waals surface area contributed by atoms with Crippen LogP contribution >= 0.6 is 0 Å². The predicted octanol–water partition coefficient (Wildman–Crippen LogP) is 4.52. The zero-order valence-electron chi connectivity index (χ0n) is 11.9. The largest absolute Gasteiger partial charge is 0.311 e. The van der Waals surface area contributed by atoms with Crippen LogP contribution in [-0.4, -0.2) is 12.1 Å². The van der Waals surface area contributed by atoms with Crippen molar-refractivity contribution in [3.05, 3.63) is 0 Å². The van der Waals surface area contributed by atoms with Crippen molar-refractivity contribution < 1.29 is 0 Å². The summed E-state index contributed by atoms with van der Waals surface area (Å²) in [5, 5.41) is 3.75. The van der Waals surface area contributed by atoms with Crippen molar-refractivity contribution in [2.24, 2.45) is 5.41 Å². The summed E-state index contributed by atoms with van der Waals surface area (Å²) >= 11 is 0. The zero-order valence-corrected chi connectivity index (χ0v) is 11.9. The summed E-state index contributed by atoms with van der Waals surface area (Å²) in [5.74, 6) is 0. The third kappa shape index (κ3) is 5.89. The molecule has 1 aliphatic rings. The minimum atomic E-state index is 0.345. The molecular formula is C15H31N. The summed E-state index contributed by atoms with van der Waals surface area (Å²) in [6, 6.07) is 0.